The molecule has 1 aromatic rings. The fourth-order valence-electron chi connectivity index (χ4n) is 2.62. The molecule has 0 bridgehead atoms. The smallest absolute Gasteiger partial charge is 0.0727 e. The third kappa shape index (κ3) is 5.26. The van der Waals surface area contributed by atoms with Gasteiger partial charge in [-0.15, -0.1) is 0 Å². The summed E-state index contributed by atoms with van der Waals surface area (Å²) >= 11 is 0. The van der Waals surface area contributed by atoms with Crippen molar-refractivity contribution in [3.8, 4) is 0 Å². The Morgan fingerprint density at radius 1 is 1.10 bits per heavy atom. The summed E-state index contributed by atoms with van der Waals surface area (Å²) in [6, 6.07) is 7.20. The van der Waals surface area contributed by atoms with Crippen molar-refractivity contribution in [2.24, 2.45) is 0 Å². The first-order chi connectivity index (χ1) is 9.62. The van der Waals surface area contributed by atoms with Crippen molar-refractivity contribution < 1.29 is 4.74 Å². The molecule has 2 heteroatoms. The molecule has 0 aliphatic heterocycles. The van der Waals surface area contributed by atoms with E-state index in [-0.39, 0.29) is 0 Å². The van der Waals surface area contributed by atoms with Crippen LogP contribution in [0.2, 0.25) is 0 Å². The molecule has 0 aromatic heterocycles. The summed E-state index contributed by atoms with van der Waals surface area (Å²) in [6.45, 7) is 9.84. The molecule has 1 N–H and O–H groups in total. The van der Waals surface area contributed by atoms with Crippen LogP contribution in [0, 0.1) is 13.8 Å². The van der Waals surface area contributed by atoms with E-state index in [4.69, 9.17) is 4.74 Å². The zero-order valence-corrected chi connectivity index (χ0v) is 13.8. The SMILES string of the molecule is CCCNC(Cc1ccc(C)c(C)c1)C(CCC)OC. The maximum atomic E-state index is 5.71. The lowest BCUT2D eigenvalue weighted by molar-refractivity contribution is 0.0609. The van der Waals surface area contributed by atoms with Crippen molar-refractivity contribution in [3.05, 3.63) is 34.9 Å². The molecular weight excluding hydrogens is 246 g/mol. The van der Waals surface area contributed by atoms with E-state index in [9.17, 15) is 0 Å². The van der Waals surface area contributed by atoms with Crippen LogP contribution in [0.4, 0.5) is 0 Å². The van der Waals surface area contributed by atoms with Gasteiger partial charge < -0.3 is 10.1 Å². The van der Waals surface area contributed by atoms with E-state index in [0.717, 1.165) is 32.2 Å². The van der Waals surface area contributed by atoms with Gasteiger partial charge in [-0.1, -0.05) is 38.5 Å². The molecule has 0 heterocycles. The summed E-state index contributed by atoms with van der Waals surface area (Å²) in [5, 5.41) is 3.66. The van der Waals surface area contributed by atoms with Gasteiger partial charge in [-0.25, -0.2) is 0 Å². The van der Waals surface area contributed by atoms with Gasteiger partial charge in [-0.3, -0.25) is 0 Å². The Balaban J connectivity index is 2.78. The standard InChI is InChI=1S/C18H31NO/c1-6-8-18(20-5)17(19-11-7-2)13-16-10-9-14(3)15(4)12-16/h9-10,12,17-19H,6-8,11,13H2,1-5H3. The van der Waals surface area contributed by atoms with Crippen LogP contribution in [0.1, 0.15) is 49.8 Å². The Kier molecular flexibility index (Phi) is 7.86. The minimum Gasteiger partial charge on any atom is -0.380 e. The molecule has 1 aromatic carbocycles. The van der Waals surface area contributed by atoms with Gasteiger partial charge in [0.15, 0.2) is 0 Å². The predicted molar refractivity (Wildman–Crippen MR) is 87.4 cm³/mol. The highest BCUT2D eigenvalue weighted by atomic mass is 16.5. The van der Waals surface area contributed by atoms with E-state index >= 15 is 0 Å². The number of rotatable bonds is 9. The fourth-order valence-corrected chi connectivity index (χ4v) is 2.62. The number of hydrogen-bond acceptors (Lipinski definition) is 2. The molecule has 20 heavy (non-hydrogen) atoms. The Labute approximate surface area is 124 Å². The third-order valence-electron chi connectivity index (χ3n) is 4.01. The molecule has 1 rings (SSSR count). The van der Waals surface area contributed by atoms with Gasteiger partial charge in [-0.05, 0) is 56.3 Å². The van der Waals surface area contributed by atoms with Crippen LogP contribution in [0.15, 0.2) is 18.2 Å². The number of methoxy groups -OCH3 is 1. The van der Waals surface area contributed by atoms with Crippen molar-refractivity contribution in [1.29, 1.82) is 0 Å². The molecule has 0 fully saturated rings. The fraction of sp³-hybridized carbons (Fsp3) is 0.667. The topological polar surface area (TPSA) is 21.3 Å². The maximum absolute atomic E-state index is 5.71. The predicted octanol–water partition coefficient (Wildman–Crippen LogP) is 4.03. The Bertz CT molecular complexity index is 389. The monoisotopic (exact) mass is 277 g/mol. The zero-order chi connectivity index (χ0) is 15.0. The lowest BCUT2D eigenvalue weighted by atomic mass is 9.96. The lowest BCUT2D eigenvalue weighted by Crippen LogP contribution is -2.43. The Morgan fingerprint density at radius 3 is 2.40 bits per heavy atom. The minimum absolute atomic E-state index is 0.299. The third-order valence-corrected chi connectivity index (χ3v) is 4.01. The molecule has 2 nitrogen and oxygen atoms in total. The summed E-state index contributed by atoms with van der Waals surface area (Å²) in [7, 11) is 1.83. The van der Waals surface area contributed by atoms with Gasteiger partial charge in [0.1, 0.15) is 0 Å². The van der Waals surface area contributed by atoms with Gasteiger partial charge in [-0.2, -0.15) is 0 Å². The van der Waals surface area contributed by atoms with Crippen molar-refractivity contribution in [2.45, 2.75) is 65.5 Å². The van der Waals surface area contributed by atoms with Crippen LogP contribution >= 0.6 is 0 Å². The quantitative estimate of drug-likeness (QED) is 0.736. The normalized spacial score (nSPS) is 14.2. The van der Waals surface area contributed by atoms with Crippen molar-refractivity contribution in [1.82, 2.24) is 5.32 Å². The first-order valence-electron chi connectivity index (χ1n) is 7.94. The summed E-state index contributed by atoms with van der Waals surface area (Å²) in [4.78, 5) is 0. The second kappa shape index (κ2) is 9.15. The highest BCUT2D eigenvalue weighted by Gasteiger charge is 2.20. The van der Waals surface area contributed by atoms with Crippen LogP contribution in [-0.2, 0) is 11.2 Å². The minimum atomic E-state index is 0.299. The van der Waals surface area contributed by atoms with Crippen LogP contribution in [0.25, 0.3) is 0 Å². The first kappa shape index (κ1) is 17.2. The summed E-state index contributed by atoms with van der Waals surface area (Å²) in [6.07, 6.45) is 4.78. The number of nitrogens with one attached hydrogen (secondary N) is 1. The average Bonchev–Trinajstić information content (AvgIpc) is 2.45. The van der Waals surface area contributed by atoms with Gasteiger partial charge in [0, 0.05) is 13.2 Å². The molecule has 0 saturated carbocycles. The second-order valence-corrected chi connectivity index (χ2v) is 5.75. The molecule has 0 spiro atoms. The Hall–Kier alpha value is -0.860. The van der Waals surface area contributed by atoms with Gasteiger partial charge in [0.25, 0.3) is 0 Å². The van der Waals surface area contributed by atoms with Crippen molar-refractivity contribution in [2.75, 3.05) is 13.7 Å². The Morgan fingerprint density at radius 2 is 1.85 bits per heavy atom. The molecular formula is C18H31NO. The molecule has 0 amide bonds. The highest BCUT2D eigenvalue weighted by Crippen LogP contribution is 2.16. The van der Waals surface area contributed by atoms with Gasteiger partial charge in [0.05, 0.1) is 6.10 Å². The van der Waals surface area contributed by atoms with E-state index < -0.39 is 0 Å². The van der Waals surface area contributed by atoms with E-state index in [2.05, 4.69) is 51.2 Å². The van der Waals surface area contributed by atoms with Crippen molar-refractivity contribution in [3.63, 3.8) is 0 Å². The summed E-state index contributed by atoms with van der Waals surface area (Å²) in [5.74, 6) is 0. The van der Waals surface area contributed by atoms with Gasteiger partial charge in [0.2, 0.25) is 0 Å². The van der Waals surface area contributed by atoms with Crippen LogP contribution in [0.5, 0.6) is 0 Å². The average molecular weight is 277 g/mol. The van der Waals surface area contributed by atoms with Crippen molar-refractivity contribution >= 4 is 0 Å². The molecule has 0 saturated heterocycles. The molecule has 2 unspecified atom stereocenters. The molecule has 114 valence electrons. The molecule has 2 atom stereocenters. The van der Waals surface area contributed by atoms with Crippen LogP contribution < -0.4 is 5.32 Å². The number of benzene rings is 1. The van der Waals surface area contributed by atoms with Crippen LogP contribution in [0.3, 0.4) is 0 Å². The molecule has 0 aliphatic rings. The second-order valence-electron chi connectivity index (χ2n) is 5.75. The maximum Gasteiger partial charge on any atom is 0.0727 e. The largest absolute Gasteiger partial charge is 0.380 e. The van der Waals surface area contributed by atoms with E-state index in [1.807, 2.05) is 7.11 Å². The summed E-state index contributed by atoms with van der Waals surface area (Å²) < 4.78 is 5.71. The number of ether oxygens (including phenoxy) is 1. The molecule has 0 radical (unpaired) electrons. The number of hydrogen-bond donors (Lipinski definition) is 1. The summed E-state index contributed by atoms with van der Waals surface area (Å²) in [5.41, 5.74) is 4.14. The zero-order valence-electron chi connectivity index (χ0n) is 13.8. The highest BCUT2D eigenvalue weighted by molar-refractivity contribution is 5.30. The van der Waals surface area contributed by atoms with E-state index in [0.29, 0.717) is 12.1 Å². The van der Waals surface area contributed by atoms with Gasteiger partial charge >= 0.3 is 0 Å². The van der Waals surface area contributed by atoms with E-state index in [1.54, 1.807) is 0 Å². The van der Waals surface area contributed by atoms with Crippen LogP contribution in [-0.4, -0.2) is 25.8 Å². The van der Waals surface area contributed by atoms with E-state index in [1.165, 1.54) is 16.7 Å². The number of aryl methyl sites for hydroxylation is 2. The lowest BCUT2D eigenvalue weighted by Gasteiger charge is -2.27. The first-order valence-corrected chi connectivity index (χ1v) is 7.94. The molecule has 0 aliphatic carbocycles.